The SMILES string of the molecule is CNc1nc(NCCc2ccncc2)cc(-c2cccnc2)n1. The molecule has 3 aromatic heterocycles. The van der Waals surface area contributed by atoms with Gasteiger partial charge >= 0.3 is 0 Å². The Labute approximate surface area is 135 Å². The van der Waals surface area contributed by atoms with E-state index in [-0.39, 0.29) is 0 Å². The third-order valence-electron chi connectivity index (χ3n) is 3.38. The molecule has 0 spiro atoms. The number of hydrogen-bond acceptors (Lipinski definition) is 6. The Morgan fingerprint density at radius 2 is 1.87 bits per heavy atom. The number of anilines is 2. The fourth-order valence-electron chi connectivity index (χ4n) is 2.20. The van der Waals surface area contributed by atoms with Crippen LogP contribution in [0.4, 0.5) is 11.8 Å². The molecule has 0 saturated heterocycles. The Kier molecular flexibility index (Phi) is 4.73. The first-order chi connectivity index (χ1) is 11.3. The second-order valence-corrected chi connectivity index (χ2v) is 4.99. The fraction of sp³-hybridized carbons (Fsp3) is 0.176. The van der Waals surface area contributed by atoms with Gasteiger partial charge in [-0.2, -0.15) is 4.98 Å². The van der Waals surface area contributed by atoms with Crippen LogP contribution in [0.2, 0.25) is 0 Å². The molecule has 0 aromatic carbocycles. The number of nitrogens with zero attached hydrogens (tertiary/aromatic N) is 4. The third-order valence-corrected chi connectivity index (χ3v) is 3.38. The van der Waals surface area contributed by atoms with Crippen LogP contribution >= 0.6 is 0 Å². The van der Waals surface area contributed by atoms with Crippen molar-refractivity contribution in [2.45, 2.75) is 6.42 Å². The Balaban J connectivity index is 1.74. The largest absolute Gasteiger partial charge is 0.370 e. The summed E-state index contributed by atoms with van der Waals surface area (Å²) in [6, 6.07) is 9.84. The molecule has 0 bridgehead atoms. The second kappa shape index (κ2) is 7.31. The van der Waals surface area contributed by atoms with E-state index in [0.717, 1.165) is 30.0 Å². The Hall–Kier alpha value is -3.02. The average Bonchev–Trinajstić information content (AvgIpc) is 2.63. The summed E-state index contributed by atoms with van der Waals surface area (Å²) >= 11 is 0. The lowest BCUT2D eigenvalue weighted by Crippen LogP contribution is -2.08. The van der Waals surface area contributed by atoms with Crippen LogP contribution in [0.3, 0.4) is 0 Å². The monoisotopic (exact) mass is 306 g/mol. The minimum absolute atomic E-state index is 0.581. The summed E-state index contributed by atoms with van der Waals surface area (Å²) in [7, 11) is 1.81. The summed E-state index contributed by atoms with van der Waals surface area (Å²) in [6.45, 7) is 0.788. The first kappa shape index (κ1) is 14.9. The van der Waals surface area contributed by atoms with E-state index < -0.39 is 0 Å². The van der Waals surface area contributed by atoms with E-state index in [0.29, 0.717) is 5.95 Å². The summed E-state index contributed by atoms with van der Waals surface area (Å²) in [4.78, 5) is 17.1. The van der Waals surface area contributed by atoms with Gasteiger partial charge in [-0.3, -0.25) is 9.97 Å². The molecule has 0 aliphatic rings. The van der Waals surface area contributed by atoms with Gasteiger partial charge in [-0.25, -0.2) is 4.98 Å². The molecule has 3 heterocycles. The van der Waals surface area contributed by atoms with Crippen molar-refractivity contribution in [3.63, 3.8) is 0 Å². The van der Waals surface area contributed by atoms with E-state index in [9.17, 15) is 0 Å². The van der Waals surface area contributed by atoms with Gasteiger partial charge < -0.3 is 10.6 Å². The van der Waals surface area contributed by atoms with E-state index in [2.05, 4.69) is 30.6 Å². The normalized spacial score (nSPS) is 10.3. The molecule has 0 unspecified atom stereocenters. The van der Waals surface area contributed by atoms with Crippen LogP contribution < -0.4 is 10.6 Å². The Morgan fingerprint density at radius 3 is 2.61 bits per heavy atom. The molecule has 0 radical (unpaired) electrons. The van der Waals surface area contributed by atoms with Gasteiger partial charge in [0.15, 0.2) is 0 Å². The highest BCUT2D eigenvalue weighted by molar-refractivity contribution is 5.63. The van der Waals surface area contributed by atoms with E-state index >= 15 is 0 Å². The molecule has 0 aliphatic carbocycles. The maximum Gasteiger partial charge on any atom is 0.224 e. The molecule has 0 amide bonds. The number of rotatable bonds is 6. The molecule has 0 fully saturated rings. The second-order valence-electron chi connectivity index (χ2n) is 4.99. The lowest BCUT2D eigenvalue weighted by atomic mass is 10.2. The molecule has 0 saturated carbocycles. The summed E-state index contributed by atoms with van der Waals surface area (Å²) in [5, 5.41) is 6.34. The van der Waals surface area contributed by atoms with Crippen molar-refractivity contribution in [1.82, 2.24) is 19.9 Å². The molecule has 0 atom stereocenters. The van der Waals surface area contributed by atoms with Crippen LogP contribution in [-0.4, -0.2) is 33.5 Å². The van der Waals surface area contributed by atoms with Gasteiger partial charge in [0.2, 0.25) is 5.95 Å². The highest BCUT2D eigenvalue weighted by atomic mass is 15.1. The topological polar surface area (TPSA) is 75.6 Å². The Bertz CT molecular complexity index is 746. The van der Waals surface area contributed by atoms with Crippen LogP contribution in [-0.2, 0) is 6.42 Å². The number of pyridine rings is 2. The fourth-order valence-corrected chi connectivity index (χ4v) is 2.20. The number of nitrogens with one attached hydrogen (secondary N) is 2. The predicted octanol–water partition coefficient (Wildman–Crippen LogP) is 2.63. The maximum absolute atomic E-state index is 4.48. The lowest BCUT2D eigenvalue weighted by molar-refractivity contribution is 0.995. The van der Waals surface area contributed by atoms with Crippen LogP contribution in [0, 0.1) is 0 Å². The van der Waals surface area contributed by atoms with Gasteiger partial charge in [-0.15, -0.1) is 0 Å². The highest BCUT2D eigenvalue weighted by Gasteiger charge is 2.06. The Morgan fingerprint density at radius 1 is 1.00 bits per heavy atom. The summed E-state index contributed by atoms with van der Waals surface area (Å²) in [6.07, 6.45) is 8.06. The number of hydrogen-bond donors (Lipinski definition) is 2. The van der Waals surface area contributed by atoms with Gasteiger partial charge in [0, 0.05) is 50.0 Å². The van der Waals surface area contributed by atoms with Crippen LogP contribution in [0.15, 0.2) is 55.1 Å². The lowest BCUT2D eigenvalue weighted by Gasteiger charge is -2.10. The van der Waals surface area contributed by atoms with E-state index in [1.54, 1.807) is 24.8 Å². The van der Waals surface area contributed by atoms with Crippen LogP contribution in [0.1, 0.15) is 5.56 Å². The van der Waals surface area contributed by atoms with Crippen LogP contribution in [0.25, 0.3) is 11.3 Å². The summed E-state index contributed by atoms with van der Waals surface area (Å²) in [5.41, 5.74) is 3.04. The average molecular weight is 306 g/mol. The number of aromatic nitrogens is 4. The molecule has 2 N–H and O–H groups in total. The van der Waals surface area contributed by atoms with E-state index in [1.165, 1.54) is 5.56 Å². The quantitative estimate of drug-likeness (QED) is 0.729. The highest BCUT2D eigenvalue weighted by Crippen LogP contribution is 2.20. The van der Waals surface area contributed by atoms with E-state index in [1.807, 2.05) is 37.4 Å². The summed E-state index contributed by atoms with van der Waals surface area (Å²) < 4.78 is 0. The molecule has 0 aliphatic heterocycles. The maximum atomic E-state index is 4.48. The van der Waals surface area contributed by atoms with Crippen molar-refractivity contribution in [2.75, 3.05) is 24.2 Å². The van der Waals surface area contributed by atoms with Gasteiger partial charge in [0.05, 0.1) is 5.69 Å². The molecular weight excluding hydrogens is 288 g/mol. The minimum Gasteiger partial charge on any atom is -0.370 e. The molecule has 6 nitrogen and oxygen atoms in total. The summed E-state index contributed by atoms with van der Waals surface area (Å²) in [5.74, 6) is 1.37. The van der Waals surface area contributed by atoms with Crippen molar-refractivity contribution in [3.05, 3.63) is 60.7 Å². The standard InChI is InChI=1S/C17H18N6/c1-18-17-22-15(14-3-2-7-20-12-14)11-16(23-17)21-10-6-13-4-8-19-9-5-13/h2-5,7-9,11-12H,6,10H2,1H3,(H2,18,21,22,23). The zero-order valence-electron chi connectivity index (χ0n) is 12.9. The zero-order chi connectivity index (χ0) is 15.9. The first-order valence-corrected chi connectivity index (χ1v) is 7.45. The van der Waals surface area contributed by atoms with Gasteiger partial charge in [0.25, 0.3) is 0 Å². The van der Waals surface area contributed by atoms with Gasteiger partial charge in [0.1, 0.15) is 5.82 Å². The first-order valence-electron chi connectivity index (χ1n) is 7.45. The van der Waals surface area contributed by atoms with E-state index in [4.69, 9.17) is 0 Å². The van der Waals surface area contributed by atoms with Crippen molar-refractivity contribution in [1.29, 1.82) is 0 Å². The smallest absolute Gasteiger partial charge is 0.224 e. The molecule has 116 valence electrons. The van der Waals surface area contributed by atoms with Crippen molar-refractivity contribution in [2.24, 2.45) is 0 Å². The third kappa shape index (κ3) is 4.00. The molecular formula is C17H18N6. The molecule has 3 rings (SSSR count). The minimum atomic E-state index is 0.581. The van der Waals surface area contributed by atoms with Gasteiger partial charge in [-0.05, 0) is 36.2 Å². The predicted molar refractivity (Wildman–Crippen MR) is 91.2 cm³/mol. The molecule has 23 heavy (non-hydrogen) atoms. The molecule has 6 heteroatoms. The van der Waals surface area contributed by atoms with Crippen molar-refractivity contribution in [3.8, 4) is 11.3 Å². The van der Waals surface area contributed by atoms with Crippen molar-refractivity contribution < 1.29 is 0 Å². The molecule has 3 aromatic rings. The van der Waals surface area contributed by atoms with Gasteiger partial charge in [-0.1, -0.05) is 0 Å². The van der Waals surface area contributed by atoms with Crippen molar-refractivity contribution >= 4 is 11.8 Å². The van der Waals surface area contributed by atoms with Crippen LogP contribution in [0.5, 0.6) is 0 Å². The zero-order valence-corrected chi connectivity index (χ0v) is 12.9.